The molecule has 1 N–H and O–H groups in total. The van der Waals surface area contributed by atoms with Crippen molar-refractivity contribution in [3.05, 3.63) is 0 Å². The Hall–Kier alpha value is -1.03. The second kappa shape index (κ2) is 4.46. The average molecular weight is 198 g/mol. The van der Waals surface area contributed by atoms with Gasteiger partial charge in [-0.3, -0.25) is 14.4 Å². The molecule has 2 unspecified atom stereocenters. The van der Waals surface area contributed by atoms with E-state index in [4.69, 9.17) is 0 Å². The van der Waals surface area contributed by atoms with Gasteiger partial charge in [0.2, 0.25) is 0 Å². The molecule has 0 saturated heterocycles. The highest BCUT2D eigenvalue weighted by Gasteiger charge is 2.32. The van der Waals surface area contributed by atoms with Crippen LogP contribution in [-0.2, 0) is 14.4 Å². The Kier molecular flexibility index (Phi) is 3.52. The number of hydrogen-bond acceptors (Lipinski definition) is 4. The van der Waals surface area contributed by atoms with Crippen LogP contribution in [-0.4, -0.2) is 28.6 Å². The number of aliphatic hydroxyl groups excluding tert-OH is 1. The Labute approximate surface area is 82.3 Å². The lowest BCUT2D eigenvalue weighted by molar-refractivity contribution is -0.138. The van der Waals surface area contributed by atoms with Gasteiger partial charge >= 0.3 is 0 Å². The molecule has 0 radical (unpaired) electrons. The van der Waals surface area contributed by atoms with Gasteiger partial charge < -0.3 is 5.11 Å². The first kappa shape index (κ1) is 11.0. The predicted octanol–water partition coefficient (Wildman–Crippen LogP) is 0.265. The molecule has 0 aliphatic heterocycles. The molecular formula is C10H14O4. The summed E-state index contributed by atoms with van der Waals surface area (Å²) < 4.78 is 0. The summed E-state index contributed by atoms with van der Waals surface area (Å²) in [7, 11) is 0. The van der Waals surface area contributed by atoms with Gasteiger partial charge in [-0.1, -0.05) is 0 Å². The zero-order valence-corrected chi connectivity index (χ0v) is 8.16. The SMILES string of the molecule is CC(=O)CC(=O)C1CC(O)CCC1=O. The van der Waals surface area contributed by atoms with Crippen molar-refractivity contribution in [2.75, 3.05) is 0 Å². The van der Waals surface area contributed by atoms with Gasteiger partial charge in [-0.25, -0.2) is 0 Å². The van der Waals surface area contributed by atoms with Crippen molar-refractivity contribution in [3.8, 4) is 0 Å². The molecule has 1 rings (SSSR count). The van der Waals surface area contributed by atoms with Gasteiger partial charge in [0.25, 0.3) is 0 Å². The van der Waals surface area contributed by atoms with E-state index in [1.807, 2.05) is 0 Å². The first-order valence-corrected chi connectivity index (χ1v) is 4.73. The fraction of sp³-hybridized carbons (Fsp3) is 0.700. The van der Waals surface area contributed by atoms with Crippen LogP contribution in [0.5, 0.6) is 0 Å². The highest BCUT2D eigenvalue weighted by Crippen LogP contribution is 2.22. The Morgan fingerprint density at radius 1 is 1.50 bits per heavy atom. The first-order chi connectivity index (χ1) is 6.50. The molecular weight excluding hydrogens is 184 g/mol. The fourth-order valence-corrected chi connectivity index (χ4v) is 1.68. The fourth-order valence-electron chi connectivity index (χ4n) is 1.68. The summed E-state index contributed by atoms with van der Waals surface area (Å²) in [5.41, 5.74) is 0. The molecule has 0 heterocycles. The molecule has 4 heteroatoms. The van der Waals surface area contributed by atoms with Crippen molar-refractivity contribution in [1.29, 1.82) is 0 Å². The standard InChI is InChI=1S/C10H14O4/c1-6(11)4-10(14)8-5-7(12)2-3-9(8)13/h7-8,12H,2-5H2,1H3. The minimum Gasteiger partial charge on any atom is -0.393 e. The summed E-state index contributed by atoms with van der Waals surface area (Å²) in [6.45, 7) is 1.32. The van der Waals surface area contributed by atoms with E-state index in [0.29, 0.717) is 6.42 Å². The third-order valence-corrected chi connectivity index (χ3v) is 2.43. The van der Waals surface area contributed by atoms with E-state index in [1.165, 1.54) is 6.92 Å². The maximum absolute atomic E-state index is 11.4. The zero-order chi connectivity index (χ0) is 10.7. The number of hydrogen-bond donors (Lipinski definition) is 1. The smallest absolute Gasteiger partial charge is 0.150 e. The molecule has 0 aromatic heterocycles. The number of carbonyl (C=O) groups excluding carboxylic acids is 3. The number of ketones is 3. The Morgan fingerprint density at radius 2 is 2.14 bits per heavy atom. The summed E-state index contributed by atoms with van der Waals surface area (Å²) in [5.74, 6) is -1.46. The number of rotatable bonds is 3. The second-order valence-corrected chi connectivity index (χ2v) is 3.79. The molecule has 1 aliphatic carbocycles. The minimum atomic E-state index is -0.748. The largest absolute Gasteiger partial charge is 0.393 e. The maximum atomic E-state index is 11.4. The molecule has 1 fully saturated rings. The van der Waals surface area contributed by atoms with E-state index >= 15 is 0 Å². The van der Waals surface area contributed by atoms with Gasteiger partial charge in [0.05, 0.1) is 18.4 Å². The van der Waals surface area contributed by atoms with Crippen LogP contribution in [0.15, 0.2) is 0 Å². The molecule has 0 amide bonds. The highest BCUT2D eigenvalue weighted by molar-refractivity contribution is 6.09. The monoisotopic (exact) mass is 198 g/mol. The van der Waals surface area contributed by atoms with E-state index in [0.717, 1.165) is 0 Å². The van der Waals surface area contributed by atoms with Crippen LogP contribution < -0.4 is 0 Å². The highest BCUT2D eigenvalue weighted by atomic mass is 16.3. The van der Waals surface area contributed by atoms with Crippen LogP contribution >= 0.6 is 0 Å². The molecule has 78 valence electrons. The Morgan fingerprint density at radius 3 is 2.71 bits per heavy atom. The van der Waals surface area contributed by atoms with Crippen molar-refractivity contribution >= 4 is 17.3 Å². The number of Topliss-reactive ketones (excluding diaryl/α,β-unsaturated/α-hetero) is 3. The maximum Gasteiger partial charge on any atom is 0.150 e. The first-order valence-electron chi connectivity index (χ1n) is 4.73. The quantitative estimate of drug-likeness (QED) is 0.660. The van der Waals surface area contributed by atoms with E-state index in [2.05, 4.69) is 0 Å². The zero-order valence-electron chi connectivity index (χ0n) is 8.16. The molecule has 0 aromatic carbocycles. The summed E-state index contributed by atoms with van der Waals surface area (Å²) >= 11 is 0. The molecule has 2 atom stereocenters. The summed E-state index contributed by atoms with van der Waals surface area (Å²) in [4.78, 5) is 33.4. The number of aliphatic hydroxyl groups is 1. The van der Waals surface area contributed by atoms with Gasteiger partial charge in [0.15, 0.2) is 5.78 Å². The van der Waals surface area contributed by atoms with Crippen LogP contribution in [0, 0.1) is 5.92 Å². The molecule has 0 bridgehead atoms. The summed E-state index contributed by atoms with van der Waals surface area (Å²) in [6, 6.07) is 0. The molecule has 0 spiro atoms. The summed E-state index contributed by atoms with van der Waals surface area (Å²) in [5, 5.41) is 9.29. The third-order valence-electron chi connectivity index (χ3n) is 2.43. The van der Waals surface area contributed by atoms with Crippen molar-refractivity contribution in [2.45, 2.75) is 38.7 Å². The van der Waals surface area contributed by atoms with Crippen molar-refractivity contribution in [1.82, 2.24) is 0 Å². The number of carbonyl (C=O) groups is 3. The molecule has 1 aliphatic rings. The van der Waals surface area contributed by atoms with Gasteiger partial charge in [-0.2, -0.15) is 0 Å². The van der Waals surface area contributed by atoms with E-state index in [9.17, 15) is 19.5 Å². The lowest BCUT2D eigenvalue weighted by atomic mass is 9.82. The molecule has 0 aromatic rings. The Bertz CT molecular complexity index is 269. The van der Waals surface area contributed by atoms with Crippen LogP contribution in [0.3, 0.4) is 0 Å². The van der Waals surface area contributed by atoms with Gasteiger partial charge in [0, 0.05) is 6.42 Å². The third kappa shape index (κ3) is 2.73. The van der Waals surface area contributed by atoms with Crippen molar-refractivity contribution in [3.63, 3.8) is 0 Å². The van der Waals surface area contributed by atoms with Crippen molar-refractivity contribution < 1.29 is 19.5 Å². The normalized spacial score (nSPS) is 27.4. The lowest BCUT2D eigenvalue weighted by Gasteiger charge is -2.23. The molecule has 14 heavy (non-hydrogen) atoms. The van der Waals surface area contributed by atoms with Crippen LogP contribution in [0.4, 0.5) is 0 Å². The van der Waals surface area contributed by atoms with E-state index < -0.39 is 12.0 Å². The van der Waals surface area contributed by atoms with Crippen molar-refractivity contribution in [2.24, 2.45) is 5.92 Å². The average Bonchev–Trinajstić information content (AvgIpc) is 2.08. The molecule has 1 saturated carbocycles. The minimum absolute atomic E-state index is 0.137. The van der Waals surface area contributed by atoms with Gasteiger partial charge in [0.1, 0.15) is 11.6 Å². The summed E-state index contributed by atoms with van der Waals surface area (Å²) in [6.07, 6.45) is 0.0975. The topological polar surface area (TPSA) is 71.4 Å². The molecule has 4 nitrogen and oxygen atoms in total. The Balaban J connectivity index is 2.60. The lowest BCUT2D eigenvalue weighted by Crippen LogP contribution is -2.34. The second-order valence-electron chi connectivity index (χ2n) is 3.79. The van der Waals surface area contributed by atoms with Crippen LogP contribution in [0.2, 0.25) is 0 Å². The van der Waals surface area contributed by atoms with E-state index in [-0.39, 0.29) is 36.6 Å². The van der Waals surface area contributed by atoms with Gasteiger partial charge in [-0.15, -0.1) is 0 Å². The van der Waals surface area contributed by atoms with Gasteiger partial charge in [-0.05, 0) is 19.8 Å². The predicted molar refractivity (Wildman–Crippen MR) is 48.7 cm³/mol. The van der Waals surface area contributed by atoms with Crippen LogP contribution in [0.25, 0.3) is 0 Å². The van der Waals surface area contributed by atoms with Crippen LogP contribution in [0.1, 0.15) is 32.6 Å². The van der Waals surface area contributed by atoms with E-state index in [1.54, 1.807) is 0 Å².